The van der Waals surface area contributed by atoms with Gasteiger partial charge in [0.05, 0.1) is 0 Å². The number of hydrogen-bond donors (Lipinski definition) is 0. The minimum Gasteiger partial charge on any atom is -0.353 e. The van der Waals surface area contributed by atoms with Crippen molar-refractivity contribution in [3.8, 4) is 0 Å². The van der Waals surface area contributed by atoms with Gasteiger partial charge in [-0.15, -0.1) is 0 Å². The minimum absolute atomic E-state index is 0.129. The van der Waals surface area contributed by atoms with E-state index in [9.17, 15) is 0 Å². The molecule has 0 aliphatic carbocycles. The molecule has 1 saturated heterocycles. The van der Waals surface area contributed by atoms with Gasteiger partial charge >= 0.3 is 0 Å². The Morgan fingerprint density at radius 3 is 1.35 bits per heavy atom. The van der Waals surface area contributed by atoms with Crippen LogP contribution in [0.5, 0.6) is 0 Å². The lowest BCUT2D eigenvalue weighted by Gasteiger charge is -2.16. The molecule has 3 rings (SSSR count). The van der Waals surface area contributed by atoms with Crippen LogP contribution in [0.2, 0.25) is 0 Å². The van der Waals surface area contributed by atoms with Crippen molar-refractivity contribution in [1.82, 2.24) is 0 Å². The summed E-state index contributed by atoms with van der Waals surface area (Å²) in [5, 5.41) is 0. The van der Waals surface area contributed by atoms with Gasteiger partial charge in [0.1, 0.15) is 11.2 Å². The van der Waals surface area contributed by atoms with E-state index >= 15 is 0 Å². The van der Waals surface area contributed by atoms with Crippen LogP contribution in [0.25, 0.3) is 0 Å². The topological polar surface area (TPSA) is 12.5 Å². The SMILES string of the molecule is CC1(C)OC1(c1ccccc1)c1ccccc1. The van der Waals surface area contributed by atoms with Crippen LogP contribution in [0.4, 0.5) is 0 Å². The van der Waals surface area contributed by atoms with E-state index < -0.39 is 0 Å². The van der Waals surface area contributed by atoms with Crippen LogP contribution in [0.15, 0.2) is 60.7 Å². The molecule has 2 aromatic rings. The van der Waals surface area contributed by atoms with Crippen molar-refractivity contribution in [3.05, 3.63) is 71.8 Å². The Hall–Kier alpha value is -1.60. The molecular formula is C16H16O. The Kier molecular flexibility index (Phi) is 2.14. The lowest BCUT2D eigenvalue weighted by Crippen LogP contribution is -2.19. The fourth-order valence-corrected chi connectivity index (χ4v) is 2.68. The standard InChI is InChI=1S/C16H16O/c1-15(2)16(17-15,13-9-5-3-6-10-13)14-11-7-4-8-12-14/h3-12H,1-2H3. The van der Waals surface area contributed by atoms with Crippen LogP contribution < -0.4 is 0 Å². The Labute approximate surface area is 102 Å². The summed E-state index contributed by atoms with van der Waals surface area (Å²) >= 11 is 0. The Morgan fingerprint density at radius 1 is 0.706 bits per heavy atom. The summed E-state index contributed by atoms with van der Waals surface area (Å²) in [6.45, 7) is 4.29. The third-order valence-corrected chi connectivity index (χ3v) is 3.58. The maximum Gasteiger partial charge on any atom is 0.147 e. The highest BCUT2D eigenvalue weighted by Gasteiger charge is 2.65. The van der Waals surface area contributed by atoms with Crippen LogP contribution >= 0.6 is 0 Å². The second-order valence-electron chi connectivity index (χ2n) is 5.03. The van der Waals surface area contributed by atoms with E-state index in [1.807, 2.05) is 12.1 Å². The molecule has 0 bridgehead atoms. The maximum absolute atomic E-state index is 6.06. The zero-order valence-electron chi connectivity index (χ0n) is 10.2. The van der Waals surface area contributed by atoms with E-state index in [1.54, 1.807) is 0 Å². The van der Waals surface area contributed by atoms with Crippen molar-refractivity contribution in [2.75, 3.05) is 0 Å². The summed E-state index contributed by atoms with van der Waals surface area (Å²) < 4.78 is 6.06. The van der Waals surface area contributed by atoms with Crippen LogP contribution in [0, 0.1) is 0 Å². The first-order valence-corrected chi connectivity index (χ1v) is 5.98. The summed E-state index contributed by atoms with van der Waals surface area (Å²) in [5.41, 5.74) is 2.07. The zero-order chi connectivity index (χ0) is 11.9. The predicted octanol–water partition coefficient (Wildman–Crippen LogP) is 3.74. The van der Waals surface area contributed by atoms with Crippen molar-refractivity contribution >= 4 is 0 Å². The van der Waals surface area contributed by atoms with Gasteiger partial charge in [-0.2, -0.15) is 0 Å². The third-order valence-electron chi connectivity index (χ3n) is 3.58. The van der Waals surface area contributed by atoms with Crippen molar-refractivity contribution < 1.29 is 4.74 Å². The van der Waals surface area contributed by atoms with Gasteiger partial charge in [-0.1, -0.05) is 60.7 Å². The van der Waals surface area contributed by atoms with E-state index in [-0.39, 0.29) is 11.2 Å². The molecule has 2 aromatic carbocycles. The second-order valence-corrected chi connectivity index (χ2v) is 5.03. The molecule has 0 N–H and O–H groups in total. The van der Waals surface area contributed by atoms with Gasteiger partial charge in [-0.3, -0.25) is 0 Å². The van der Waals surface area contributed by atoms with Gasteiger partial charge in [0.15, 0.2) is 0 Å². The van der Waals surface area contributed by atoms with Gasteiger partial charge in [-0.25, -0.2) is 0 Å². The third kappa shape index (κ3) is 1.43. The highest BCUT2D eigenvalue weighted by atomic mass is 16.6. The van der Waals surface area contributed by atoms with Crippen molar-refractivity contribution in [2.45, 2.75) is 25.0 Å². The second kappa shape index (κ2) is 3.44. The van der Waals surface area contributed by atoms with Crippen LogP contribution in [0.3, 0.4) is 0 Å². The average Bonchev–Trinajstić information content (AvgIpc) is 2.96. The quantitative estimate of drug-likeness (QED) is 0.708. The first-order chi connectivity index (χ1) is 8.17. The van der Waals surface area contributed by atoms with Crippen molar-refractivity contribution in [3.63, 3.8) is 0 Å². The molecule has 86 valence electrons. The first-order valence-electron chi connectivity index (χ1n) is 5.98. The zero-order valence-corrected chi connectivity index (χ0v) is 10.2. The van der Waals surface area contributed by atoms with Gasteiger partial charge in [0, 0.05) is 0 Å². The van der Waals surface area contributed by atoms with Crippen LogP contribution in [-0.2, 0) is 10.3 Å². The Morgan fingerprint density at radius 2 is 1.06 bits per heavy atom. The van der Waals surface area contributed by atoms with E-state index in [4.69, 9.17) is 4.74 Å². The predicted molar refractivity (Wildman–Crippen MR) is 68.8 cm³/mol. The van der Waals surface area contributed by atoms with Gasteiger partial charge in [-0.05, 0) is 25.0 Å². The number of benzene rings is 2. The molecule has 0 atom stereocenters. The molecule has 1 nitrogen and oxygen atoms in total. The molecule has 1 aliphatic rings. The Balaban J connectivity index is 2.15. The molecule has 1 aliphatic heterocycles. The molecule has 0 amide bonds. The molecular weight excluding hydrogens is 208 g/mol. The number of ether oxygens (including phenoxy) is 1. The molecule has 1 heterocycles. The van der Waals surface area contributed by atoms with E-state index in [1.165, 1.54) is 11.1 Å². The van der Waals surface area contributed by atoms with Gasteiger partial charge < -0.3 is 4.74 Å². The lowest BCUT2D eigenvalue weighted by molar-refractivity contribution is 0.298. The van der Waals surface area contributed by atoms with Crippen molar-refractivity contribution in [1.29, 1.82) is 0 Å². The normalized spacial score (nSPS) is 19.9. The number of epoxide rings is 1. The molecule has 0 unspecified atom stereocenters. The molecule has 0 aromatic heterocycles. The van der Waals surface area contributed by atoms with E-state index in [2.05, 4.69) is 62.4 Å². The molecule has 0 radical (unpaired) electrons. The fraction of sp³-hybridized carbons (Fsp3) is 0.250. The van der Waals surface area contributed by atoms with Crippen LogP contribution in [-0.4, -0.2) is 5.60 Å². The molecule has 0 spiro atoms. The summed E-state index contributed by atoms with van der Waals surface area (Å²) in [6, 6.07) is 20.9. The number of hydrogen-bond acceptors (Lipinski definition) is 1. The smallest absolute Gasteiger partial charge is 0.147 e. The highest BCUT2D eigenvalue weighted by molar-refractivity contribution is 5.45. The molecule has 0 saturated carbocycles. The summed E-state index contributed by atoms with van der Waals surface area (Å²) in [6.07, 6.45) is 0. The molecule has 17 heavy (non-hydrogen) atoms. The van der Waals surface area contributed by atoms with Crippen molar-refractivity contribution in [2.24, 2.45) is 0 Å². The monoisotopic (exact) mass is 224 g/mol. The molecule has 1 fully saturated rings. The van der Waals surface area contributed by atoms with Crippen LogP contribution in [0.1, 0.15) is 25.0 Å². The number of rotatable bonds is 2. The van der Waals surface area contributed by atoms with Gasteiger partial charge in [0.2, 0.25) is 0 Å². The summed E-state index contributed by atoms with van der Waals surface area (Å²) in [7, 11) is 0. The van der Waals surface area contributed by atoms with Gasteiger partial charge in [0.25, 0.3) is 0 Å². The lowest BCUT2D eigenvalue weighted by atomic mass is 9.82. The average molecular weight is 224 g/mol. The van der Waals surface area contributed by atoms with E-state index in [0.717, 1.165) is 0 Å². The Bertz CT molecular complexity index is 474. The summed E-state index contributed by atoms with van der Waals surface area (Å²) in [5.74, 6) is 0. The molecule has 1 heteroatoms. The summed E-state index contributed by atoms with van der Waals surface area (Å²) in [4.78, 5) is 0. The minimum atomic E-state index is -0.268. The highest BCUT2D eigenvalue weighted by Crippen LogP contribution is 2.59. The maximum atomic E-state index is 6.06. The first kappa shape index (κ1) is 10.5. The largest absolute Gasteiger partial charge is 0.353 e. The van der Waals surface area contributed by atoms with E-state index in [0.29, 0.717) is 0 Å². The fourth-order valence-electron chi connectivity index (χ4n) is 2.68.